The Kier molecular flexibility index (Phi) is 4.80. The molecule has 0 aliphatic rings. The number of amides is 1. The predicted octanol–water partition coefficient (Wildman–Crippen LogP) is 1.67. The van der Waals surface area contributed by atoms with Crippen molar-refractivity contribution < 1.29 is 4.79 Å². The molecule has 1 amide bonds. The zero-order valence-corrected chi connectivity index (χ0v) is 12.5. The Bertz CT molecular complexity index is 567. The third-order valence-corrected chi connectivity index (χ3v) is 4.33. The minimum Gasteiger partial charge on any atom is -0.383 e. The lowest BCUT2D eigenvalue weighted by Crippen LogP contribution is -2.27. The highest BCUT2D eigenvalue weighted by Crippen LogP contribution is 2.19. The molecular formula is C12H15N5OS2. The van der Waals surface area contributed by atoms with Crippen LogP contribution in [0.5, 0.6) is 0 Å². The van der Waals surface area contributed by atoms with E-state index in [1.54, 1.807) is 11.3 Å². The number of hydrogen-bond acceptors (Lipinski definition) is 7. The lowest BCUT2D eigenvalue weighted by atomic mass is 10.3. The Hall–Kier alpha value is -1.80. The summed E-state index contributed by atoms with van der Waals surface area (Å²) in [6.45, 7) is 1.95. The van der Waals surface area contributed by atoms with Gasteiger partial charge in [0, 0.05) is 10.9 Å². The van der Waals surface area contributed by atoms with Crippen molar-refractivity contribution in [2.45, 2.75) is 18.1 Å². The molecule has 0 bridgehead atoms. The van der Waals surface area contributed by atoms with E-state index in [9.17, 15) is 4.79 Å². The molecule has 8 heteroatoms. The zero-order valence-electron chi connectivity index (χ0n) is 10.9. The van der Waals surface area contributed by atoms with Gasteiger partial charge in [-0.3, -0.25) is 4.79 Å². The summed E-state index contributed by atoms with van der Waals surface area (Å²) >= 11 is 2.82. The van der Waals surface area contributed by atoms with Gasteiger partial charge < -0.3 is 16.8 Å². The van der Waals surface area contributed by atoms with Crippen LogP contribution in [-0.4, -0.2) is 21.6 Å². The number of carbonyl (C=O) groups is 1. The van der Waals surface area contributed by atoms with E-state index >= 15 is 0 Å². The normalized spacial score (nSPS) is 12.1. The van der Waals surface area contributed by atoms with Crippen LogP contribution in [-0.2, 0) is 4.79 Å². The molecule has 1 atom stereocenters. The summed E-state index contributed by atoms with van der Waals surface area (Å²) in [7, 11) is 0. The van der Waals surface area contributed by atoms with E-state index in [1.165, 1.54) is 17.8 Å². The standard InChI is InChI=1S/C12H15N5OS2/c1-7(8-3-2-4-19-8)15-11(18)6-20-12-16-9(13)5-10(14)17-12/h2-5,7H,6H2,1H3,(H,15,18)(H4,13,14,16,17). The Labute approximate surface area is 125 Å². The predicted molar refractivity (Wildman–Crippen MR) is 82.5 cm³/mol. The Balaban J connectivity index is 1.86. The summed E-state index contributed by atoms with van der Waals surface area (Å²) < 4.78 is 0. The number of rotatable bonds is 5. The third kappa shape index (κ3) is 4.10. The summed E-state index contributed by atoms with van der Waals surface area (Å²) in [5.74, 6) is 0.735. The van der Waals surface area contributed by atoms with Crippen LogP contribution in [0.25, 0.3) is 0 Å². The highest BCUT2D eigenvalue weighted by atomic mass is 32.2. The van der Waals surface area contributed by atoms with Gasteiger partial charge in [0.25, 0.3) is 0 Å². The van der Waals surface area contributed by atoms with Crippen LogP contribution in [0.2, 0.25) is 0 Å². The second-order valence-corrected chi connectivity index (χ2v) is 6.02. The number of nitrogens with zero attached hydrogens (tertiary/aromatic N) is 2. The van der Waals surface area contributed by atoms with E-state index in [0.717, 1.165) is 4.88 Å². The second-order valence-electron chi connectivity index (χ2n) is 4.09. The average molecular weight is 309 g/mol. The van der Waals surface area contributed by atoms with Gasteiger partial charge in [-0.2, -0.15) is 0 Å². The van der Waals surface area contributed by atoms with Gasteiger partial charge >= 0.3 is 0 Å². The van der Waals surface area contributed by atoms with E-state index in [4.69, 9.17) is 11.5 Å². The van der Waals surface area contributed by atoms with Crippen molar-refractivity contribution in [1.82, 2.24) is 15.3 Å². The molecule has 0 spiro atoms. The first kappa shape index (κ1) is 14.6. The van der Waals surface area contributed by atoms with Crippen molar-refractivity contribution in [3.63, 3.8) is 0 Å². The third-order valence-electron chi connectivity index (χ3n) is 2.43. The molecule has 0 aromatic carbocycles. The first-order chi connectivity index (χ1) is 9.54. The molecule has 0 saturated carbocycles. The number of nitrogens with two attached hydrogens (primary N) is 2. The van der Waals surface area contributed by atoms with Crippen LogP contribution in [0.1, 0.15) is 17.8 Å². The summed E-state index contributed by atoms with van der Waals surface area (Å²) in [4.78, 5) is 21.0. The van der Waals surface area contributed by atoms with Crippen molar-refractivity contribution in [3.05, 3.63) is 28.5 Å². The van der Waals surface area contributed by atoms with E-state index < -0.39 is 0 Å². The molecule has 0 aliphatic heterocycles. The molecule has 1 unspecified atom stereocenters. The van der Waals surface area contributed by atoms with Crippen molar-refractivity contribution >= 4 is 40.6 Å². The first-order valence-electron chi connectivity index (χ1n) is 5.90. The zero-order chi connectivity index (χ0) is 14.5. The molecule has 2 rings (SSSR count). The van der Waals surface area contributed by atoms with Gasteiger partial charge in [0.1, 0.15) is 11.6 Å². The van der Waals surface area contributed by atoms with Crippen molar-refractivity contribution in [1.29, 1.82) is 0 Å². The van der Waals surface area contributed by atoms with Crippen LogP contribution in [0, 0.1) is 0 Å². The lowest BCUT2D eigenvalue weighted by Gasteiger charge is -2.11. The van der Waals surface area contributed by atoms with E-state index in [1.807, 2.05) is 24.4 Å². The molecule has 0 fully saturated rings. The fourth-order valence-electron chi connectivity index (χ4n) is 1.55. The molecule has 0 radical (unpaired) electrons. The van der Waals surface area contributed by atoms with Gasteiger partial charge in [-0.1, -0.05) is 17.8 Å². The Morgan fingerprint density at radius 3 is 2.75 bits per heavy atom. The van der Waals surface area contributed by atoms with Crippen molar-refractivity contribution in [2.75, 3.05) is 17.2 Å². The molecule has 106 valence electrons. The number of anilines is 2. The molecule has 2 aromatic heterocycles. The number of thiophene rings is 1. The molecule has 0 aliphatic carbocycles. The van der Waals surface area contributed by atoms with Crippen LogP contribution in [0.3, 0.4) is 0 Å². The molecule has 6 nitrogen and oxygen atoms in total. The maximum absolute atomic E-state index is 11.8. The Morgan fingerprint density at radius 1 is 1.45 bits per heavy atom. The van der Waals surface area contributed by atoms with Gasteiger partial charge in [-0.05, 0) is 18.4 Å². The van der Waals surface area contributed by atoms with Gasteiger partial charge in [-0.25, -0.2) is 9.97 Å². The van der Waals surface area contributed by atoms with Gasteiger partial charge in [0.2, 0.25) is 5.91 Å². The molecular weight excluding hydrogens is 294 g/mol. The van der Waals surface area contributed by atoms with Crippen LogP contribution >= 0.6 is 23.1 Å². The van der Waals surface area contributed by atoms with E-state index in [0.29, 0.717) is 16.8 Å². The fraction of sp³-hybridized carbons (Fsp3) is 0.250. The molecule has 2 aromatic rings. The summed E-state index contributed by atoms with van der Waals surface area (Å²) in [6, 6.07) is 5.42. The molecule has 20 heavy (non-hydrogen) atoms. The number of nitrogen functional groups attached to an aromatic ring is 2. The highest BCUT2D eigenvalue weighted by Gasteiger charge is 2.11. The highest BCUT2D eigenvalue weighted by molar-refractivity contribution is 7.99. The molecule has 0 saturated heterocycles. The molecule has 2 heterocycles. The van der Waals surface area contributed by atoms with Crippen LogP contribution in [0.4, 0.5) is 11.6 Å². The SMILES string of the molecule is CC(NC(=O)CSc1nc(N)cc(N)n1)c1cccs1. The van der Waals surface area contributed by atoms with Gasteiger partial charge in [0.05, 0.1) is 11.8 Å². The number of carbonyl (C=O) groups excluding carboxylic acids is 1. The van der Waals surface area contributed by atoms with Gasteiger partial charge in [-0.15, -0.1) is 11.3 Å². The van der Waals surface area contributed by atoms with Crippen molar-refractivity contribution in [2.24, 2.45) is 0 Å². The maximum Gasteiger partial charge on any atom is 0.230 e. The summed E-state index contributed by atoms with van der Waals surface area (Å²) in [5.41, 5.74) is 11.1. The lowest BCUT2D eigenvalue weighted by molar-refractivity contribution is -0.119. The average Bonchev–Trinajstić information content (AvgIpc) is 2.89. The second kappa shape index (κ2) is 6.58. The number of nitrogens with one attached hydrogen (secondary N) is 1. The number of hydrogen-bond donors (Lipinski definition) is 3. The minimum atomic E-state index is -0.0829. The Morgan fingerprint density at radius 2 is 2.15 bits per heavy atom. The molecule has 5 N–H and O–H groups in total. The monoisotopic (exact) mass is 309 g/mol. The van der Waals surface area contributed by atoms with Crippen LogP contribution < -0.4 is 16.8 Å². The summed E-state index contributed by atoms with van der Waals surface area (Å²) in [5, 5.41) is 5.30. The van der Waals surface area contributed by atoms with Crippen LogP contribution in [0.15, 0.2) is 28.7 Å². The quantitative estimate of drug-likeness (QED) is 0.573. The largest absolute Gasteiger partial charge is 0.383 e. The van der Waals surface area contributed by atoms with Crippen molar-refractivity contribution in [3.8, 4) is 0 Å². The van der Waals surface area contributed by atoms with E-state index in [2.05, 4.69) is 15.3 Å². The number of thioether (sulfide) groups is 1. The number of aromatic nitrogens is 2. The topological polar surface area (TPSA) is 107 Å². The minimum absolute atomic E-state index is 0.00469. The van der Waals surface area contributed by atoms with E-state index in [-0.39, 0.29) is 17.7 Å². The first-order valence-corrected chi connectivity index (χ1v) is 7.76. The maximum atomic E-state index is 11.8. The van der Waals surface area contributed by atoms with Gasteiger partial charge in [0.15, 0.2) is 5.16 Å². The fourth-order valence-corrected chi connectivity index (χ4v) is 2.97. The summed E-state index contributed by atoms with van der Waals surface area (Å²) in [6.07, 6.45) is 0. The smallest absolute Gasteiger partial charge is 0.230 e.